The monoisotopic (exact) mass is 359 g/mol. The molecule has 1 aromatic rings. The van der Waals surface area contributed by atoms with Gasteiger partial charge in [-0.05, 0) is 18.4 Å². The lowest BCUT2D eigenvalue weighted by Gasteiger charge is -2.37. The molecule has 2 aliphatic rings. The van der Waals surface area contributed by atoms with Gasteiger partial charge in [0.15, 0.2) is 5.78 Å². The van der Waals surface area contributed by atoms with Crippen LogP contribution >= 0.6 is 0 Å². The Morgan fingerprint density at radius 3 is 2.69 bits per heavy atom. The molecule has 3 rings (SSSR count). The highest BCUT2D eigenvalue weighted by molar-refractivity contribution is 6.03. The van der Waals surface area contributed by atoms with E-state index in [1.807, 2.05) is 13.8 Å². The number of Topliss-reactive ketones (excluding diaryl/α,β-unsaturated/α-hetero) is 1. The molecule has 1 heterocycles. The van der Waals surface area contributed by atoms with Crippen molar-refractivity contribution in [1.82, 2.24) is 0 Å². The molecule has 0 unspecified atom stereocenters. The van der Waals surface area contributed by atoms with E-state index in [9.17, 15) is 14.0 Å². The smallest absolute Gasteiger partial charge is 0.340 e. The predicted molar refractivity (Wildman–Crippen MR) is 93.1 cm³/mol. The van der Waals surface area contributed by atoms with E-state index >= 15 is 0 Å². The molecule has 0 saturated carbocycles. The third kappa shape index (κ3) is 3.11. The van der Waals surface area contributed by atoms with Gasteiger partial charge in [0.2, 0.25) is 5.88 Å². The number of halogens is 1. The van der Waals surface area contributed by atoms with Gasteiger partial charge in [0.25, 0.3) is 0 Å². The summed E-state index contributed by atoms with van der Waals surface area (Å²) in [6.07, 6.45) is 0.770. The van der Waals surface area contributed by atoms with Gasteiger partial charge in [-0.3, -0.25) is 4.79 Å². The second-order valence-corrected chi connectivity index (χ2v) is 7.33. The largest absolute Gasteiger partial charge is 0.462 e. The maximum atomic E-state index is 14.6. The molecule has 0 aromatic heterocycles. The Labute approximate surface area is 151 Å². The molecular formula is C20H22FNO4. The zero-order valence-corrected chi connectivity index (χ0v) is 15.1. The standard InChI is InChI=1S/C20H22FNO4/c1-4-25-19(24)17-15(11-7-5-6-8-12(11)21)16-13(23)9-20(2,3)10-14(16)26-18(17)22/h5-8,15H,4,9-10,22H2,1-3H3/t15-/m1/s1. The second kappa shape index (κ2) is 6.59. The molecule has 0 spiro atoms. The summed E-state index contributed by atoms with van der Waals surface area (Å²) in [5.74, 6) is -2.05. The summed E-state index contributed by atoms with van der Waals surface area (Å²) in [5, 5.41) is 0. The topological polar surface area (TPSA) is 78.6 Å². The number of benzene rings is 1. The SMILES string of the molecule is CCOC(=O)C1=C(N)OC2=C(C(=O)CC(C)(C)C2)[C@H]1c1ccccc1F. The van der Waals surface area contributed by atoms with Gasteiger partial charge >= 0.3 is 5.97 Å². The third-order valence-corrected chi connectivity index (χ3v) is 4.67. The Morgan fingerprint density at radius 1 is 1.35 bits per heavy atom. The van der Waals surface area contributed by atoms with Crippen molar-refractivity contribution >= 4 is 11.8 Å². The zero-order valence-electron chi connectivity index (χ0n) is 15.1. The van der Waals surface area contributed by atoms with Crippen molar-refractivity contribution in [3.8, 4) is 0 Å². The van der Waals surface area contributed by atoms with Gasteiger partial charge in [0.1, 0.15) is 17.1 Å². The summed E-state index contributed by atoms with van der Waals surface area (Å²) >= 11 is 0. The summed E-state index contributed by atoms with van der Waals surface area (Å²) in [5.41, 5.74) is 6.21. The Balaban J connectivity index is 2.21. The maximum Gasteiger partial charge on any atom is 0.340 e. The predicted octanol–water partition coefficient (Wildman–Crippen LogP) is 3.32. The Morgan fingerprint density at radius 2 is 2.04 bits per heavy atom. The van der Waals surface area contributed by atoms with Gasteiger partial charge in [0, 0.05) is 24.0 Å². The van der Waals surface area contributed by atoms with Crippen LogP contribution in [-0.2, 0) is 19.1 Å². The number of hydrogen-bond acceptors (Lipinski definition) is 5. The van der Waals surface area contributed by atoms with Crippen LogP contribution in [0.3, 0.4) is 0 Å². The first-order valence-electron chi connectivity index (χ1n) is 8.60. The van der Waals surface area contributed by atoms with E-state index in [2.05, 4.69) is 0 Å². The van der Waals surface area contributed by atoms with Crippen molar-refractivity contribution in [2.24, 2.45) is 11.1 Å². The van der Waals surface area contributed by atoms with Gasteiger partial charge in [-0.2, -0.15) is 0 Å². The third-order valence-electron chi connectivity index (χ3n) is 4.67. The van der Waals surface area contributed by atoms with Gasteiger partial charge in [-0.25, -0.2) is 9.18 Å². The number of ether oxygens (including phenoxy) is 2. The molecule has 1 atom stereocenters. The molecule has 1 aliphatic carbocycles. The second-order valence-electron chi connectivity index (χ2n) is 7.33. The summed E-state index contributed by atoms with van der Waals surface area (Å²) < 4.78 is 25.3. The molecule has 0 fully saturated rings. The number of hydrogen-bond donors (Lipinski definition) is 1. The molecule has 0 amide bonds. The van der Waals surface area contributed by atoms with Crippen LogP contribution in [0.15, 0.2) is 47.1 Å². The molecule has 5 nitrogen and oxygen atoms in total. The molecule has 26 heavy (non-hydrogen) atoms. The molecule has 0 saturated heterocycles. The van der Waals surface area contributed by atoms with Crippen LogP contribution < -0.4 is 5.73 Å². The van der Waals surface area contributed by atoms with E-state index in [0.717, 1.165) is 0 Å². The quantitative estimate of drug-likeness (QED) is 0.838. The van der Waals surface area contributed by atoms with Crippen LogP contribution in [0.4, 0.5) is 4.39 Å². The van der Waals surface area contributed by atoms with Crippen LogP contribution in [0, 0.1) is 11.2 Å². The fourth-order valence-electron chi connectivity index (χ4n) is 3.61. The molecular weight excluding hydrogens is 337 g/mol. The van der Waals surface area contributed by atoms with Crippen LogP contribution in [0.2, 0.25) is 0 Å². The van der Waals surface area contributed by atoms with E-state index in [4.69, 9.17) is 15.2 Å². The lowest BCUT2D eigenvalue weighted by Crippen LogP contribution is -2.36. The van der Waals surface area contributed by atoms with E-state index in [-0.39, 0.29) is 41.2 Å². The summed E-state index contributed by atoms with van der Waals surface area (Å²) in [6, 6.07) is 6.05. The minimum absolute atomic E-state index is 0.0243. The Kier molecular flexibility index (Phi) is 4.61. The first-order chi connectivity index (χ1) is 12.2. The number of allylic oxidation sites excluding steroid dienone is 2. The zero-order chi connectivity index (χ0) is 19.1. The molecule has 1 aliphatic heterocycles. The van der Waals surface area contributed by atoms with E-state index < -0.39 is 17.7 Å². The van der Waals surface area contributed by atoms with E-state index in [1.165, 1.54) is 6.07 Å². The van der Waals surface area contributed by atoms with Crippen LogP contribution in [-0.4, -0.2) is 18.4 Å². The average Bonchev–Trinajstić information content (AvgIpc) is 2.53. The number of esters is 1. The van der Waals surface area contributed by atoms with Gasteiger partial charge < -0.3 is 15.2 Å². The number of carbonyl (C=O) groups excluding carboxylic acids is 2. The number of carbonyl (C=O) groups is 2. The fourth-order valence-corrected chi connectivity index (χ4v) is 3.61. The molecule has 2 N–H and O–H groups in total. The van der Waals surface area contributed by atoms with E-state index in [1.54, 1.807) is 25.1 Å². The molecule has 6 heteroatoms. The number of ketones is 1. The Bertz CT molecular complexity index is 838. The minimum atomic E-state index is -0.928. The number of rotatable bonds is 3. The average molecular weight is 359 g/mol. The molecule has 0 bridgehead atoms. The van der Waals surface area contributed by atoms with Crippen molar-refractivity contribution in [3.63, 3.8) is 0 Å². The van der Waals surface area contributed by atoms with Gasteiger partial charge in [0.05, 0.1) is 12.5 Å². The van der Waals surface area contributed by atoms with Gasteiger partial charge in [-0.15, -0.1) is 0 Å². The summed E-state index contributed by atoms with van der Waals surface area (Å²) in [6.45, 7) is 5.70. The number of nitrogens with two attached hydrogens (primary N) is 1. The van der Waals surface area contributed by atoms with Crippen molar-refractivity contribution < 1.29 is 23.5 Å². The van der Waals surface area contributed by atoms with Crippen LogP contribution in [0.5, 0.6) is 0 Å². The first kappa shape index (κ1) is 18.2. The lowest BCUT2D eigenvalue weighted by molar-refractivity contribution is -0.139. The minimum Gasteiger partial charge on any atom is -0.462 e. The maximum absolute atomic E-state index is 14.6. The molecule has 138 valence electrons. The van der Waals surface area contributed by atoms with Crippen molar-refractivity contribution in [1.29, 1.82) is 0 Å². The first-order valence-corrected chi connectivity index (χ1v) is 8.60. The van der Waals surface area contributed by atoms with E-state index in [0.29, 0.717) is 17.8 Å². The van der Waals surface area contributed by atoms with Crippen LogP contribution in [0.25, 0.3) is 0 Å². The highest BCUT2D eigenvalue weighted by Crippen LogP contribution is 2.48. The van der Waals surface area contributed by atoms with Crippen molar-refractivity contribution in [3.05, 3.63) is 58.4 Å². The highest BCUT2D eigenvalue weighted by atomic mass is 19.1. The molecule has 0 radical (unpaired) electrons. The van der Waals surface area contributed by atoms with Gasteiger partial charge in [-0.1, -0.05) is 32.0 Å². The highest BCUT2D eigenvalue weighted by Gasteiger charge is 2.45. The normalized spacial score (nSPS) is 22.0. The van der Waals surface area contributed by atoms with Crippen molar-refractivity contribution in [2.45, 2.75) is 39.5 Å². The lowest BCUT2D eigenvalue weighted by atomic mass is 9.70. The van der Waals surface area contributed by atoms with Crippen molar-refractivity contribution in [2.75, 3.05) is 6.61 Å². The summed E-state index contributed by atoms with van der Waals surface area (Å²) in [4.78, 5) is 25.4. The fraction of sp³-hybridized carbons (Fsp3) is 0.400. The molecule has 1 aromatic carbocycles. The summed E-state index contributed by atoms with van der Waals surface area (Å²) in [7, 11) is 0. The van der Waals surface area contributed by atoms with Crippen LogP contribution in [0.1, 0.15) is 45.1 Å². The Hall–Kier alpha value is -2.63.